The minimum absolute atomic E-state index is 0.0144. The number of ether oxygens (including phenoxy) is 6. The molecule has 2 aromatic rings. The molecule has 1 aliphatic carbocycles. The minimum Gasteiger partial charge on any atom is -0.507 e. The number of aliphatic hydroxyl groups is 3. The van der Waals surface area contributed by atoms with Crippen LogP contribution in [-0.2, 0) is 23.8 Å². The largest absolute Gasteiger partial charge is 0.507 e. The standard InChI is InChI=1S/C45H55N3O13/c1-20-11-10-12-21(2)44(55)48-35-39(53)32-31(34-42(35)60-30-19-27(57-18-16-46)13-14-28(30)47-34)33-41(25(6)38(32)52)61-45(8,43(33)54)58-17-15-29(56-9)22(3)40(59-26(7)49)24(5)37(51)23(4)36(20)50/h10-15,17,19-20,22-24,29,36-37,39-40,50-53H,16,18,46H2,1-9H3,(H,48,55)/b11-10+,17-15+,21-12-/t20-,22+,23+,24+,29-,36-,37+,39?,40+,45-/m0/s1. The number of methoxy groups -OCH3 is 1. The number of nitrogens with two attached hydrogens (primary N) is 1. The number of aromatic hydroxyl groups is 1. The lowest BCUT2D eigenvalue weighted by Crippen LogP contribution is -2.46. The van der Waals surface area contributed by atoms with Crippen molar-refractivity contribution >= 4 is 29.1 Å². The predicted molar refractivity (Wildman–Crippen MR) is 222 cm³/mol. The molecule has 16 heteroatoms. The minimum atomic E-state index is -2.01. The van der Waals surface area contributed by atoms with E-state index in [1.165, 1.54) is 46.3 Å². The van der Waals surface area contributed by atoms with E-state index in [0.29, 0.717) is 11.4 Å². The van der Waals surface area contributed by atoms with Gasteiger partial charge in [-0.2, -0.15) is 0 Å². The van der Waals surface area contributed by atoms with Crippen LogP contribution in [0.4, 0.5) is 5.69 Å². The third kappa shape index (κ3) is 8.42. The van der Waals surface area contributed by atoms with Gasteiger partial charge in [0.05, 0.1) is 35.8 Å². The van der Waals surface area contributed by atoms with Crippen LogP contribution in [0.5, 0.6) is 23.0 Å². The Labute approximate surface area is 354 Å². The lowest BCUT2D eigenvalue weighted by atomic mass is 9.78. The number of benzene rings is 2. The van der Waals surface area contributed by atoms with Gasteiger partial charge in [-0.25, -0.2) is 4.99 Å². The number of nitrogens with zero attached hydrogens (tertiary/aromatic N) is 1. The third-order valence-electron chi connectivity index (χ3n) is 11.9. The van der Waals surface area contributed by atoms with E-state index in [-0.39, 0.29) is 69.6 Å². The monoisotopic (exact) mass is 845 g/mol. The molecule has 0 saturated heterocycles. The first-order valence-corrected chi connectivity index (χ1v) is 20.2. The number of aliphatic imine (C=N–C) groups is 1. The van der Waals surface area contributed by atoms with Crippen LogP contribution in [0.25, 0.3) is 0 Å². The van der Waals surface area contributed by atoms with E-state index in [0.717, 1.165) is 0 Å². The Morgan fingerprint density at radius 3 is 2.41 bits per heavy atom. The molecule has 0 aromatic heterocycles. The number of carbonyl (C=O) groups excluding carboxylic acids is 3. The Balaban J connectivity index is 1.53. The molecule has 328 valence electrons. The molecule has 16 nitrogen and oxygen atoms in total. The van der Waals surface area contributed by atoms with Gasteiger partial charge in [0.15, 0.2) is 11.5 Å². The van der Waals surface area contributed by atoms with E-state index >= 15 is 0 Å². The fraction of sp³-hybridized carbons (Fsp3) is 0.467. The normalized spacial score (nSPS) is 32.1. The van der Waals surface area contributed by atoms with Gasteiger partial charge < -0.3 is 59.9 Å². The summed E-state index contributed by atoms with van der Waals surface area (Å²) in [5.41, 5.74) is 5.99. The zero-order valence-electron chi connectivity index (χ0n) is 35.7. The molecule has 0 spiro atoms. The summed E-state index contributed by atoms with van der Waals surface area (Å²) in [4.78, 5) is 45.8. The number of phenols is 1. The first kappa shape index (κ1) is 45.0. The van der Waals surface area contributed by atoms with Crippen LogP contribution in [0.2, 0.25) is 0 Å². The Morgan fingerprint density at radius 2 is 1.74 bits per heavy atom. The fourth-order valence-corrected chi connectivity index (χ4v) is 8.20. The zero-order valence-corrected chi connectivity index (χ0v) is 35.7. The van der Waals surface area contributed by atoms with Crippen LogP contribution in [0.15, 0.2) is 70.8 Å². The zero-order chi connectivity index (χ0) is 44.7. The molecule has 10 atom stereocenters. The van der Waals surface area contributed by atoms with Crippen LogP contribution in [-0.4, -0.2) is 94.3 Å². The summed E-state index contributed by atoms with van der Waals surface area (Å²) in [6, 6.07) is 4.88. The molecule has 0 fully saturated rings. The highest BCUT2D eigenvalue weighted by atomic mass is 16.7. The van der Waals surface area contributed by atoms with Crippen molar-refractivity contribution in [3.63, 3.8) is 0 Å². The molecular formula is C45H55N3O13. The first-order chi connectivity index (χ1) is 28.8. The van der Waals surface area contributed by atoms with Gasteiger partial charge in [-0.15, -0.1) is 0 Å². The number of aliphatic hydroxyl groups excluding tert-OH is 3. The van der Waals surface area contributed by atoms with Crippen LogP contribution in [0, 0.1) is 30.6 Å². The summed E-state index contributed by atoms with van der Waals surface area (Å²) in [7, 11) is 1.45. The average Bonchev–Trinajstić information content (AvgIpc) is 3.50. The Kier molecular flexibility index (Phi) is 13.2. The van der Waals surface area contributed by atoms with Crippen LogP contribution < -0.4 is 25.3 Å². The molecule has 3 heterocycles. The molecule has 4 aliphatic rings. The lowest BCUT2D eigenvalue weighted by molar-refractivity contribution is -0.160. The number of phenolic OH excluding ortho intramolecular Hbond substituents is 1. The van der Waals surface area contributed by atoms with Gasteiger partial charge >= 0.3 is 11.8 Å². The van der Waals surface area contributed by atoms with E-state index in [1.54, 1.807) is 65.0 Å². The molecule has 61 heavy (non-hydrogen) atoms. The van der Waals surface area contributed by atoms with Crippen molar-refractivity contribution in [1.82, 2.24) is 5.32 Å². The Morgan fingerprint density at radius 1 is 1.02 bits per heavy atom. The third-order valence-corrected chi connectivity index (χ3v) is 11.9. The number of fused-ring (bicyclic) bond motifs is 4. The maximum Gasteiger partial charge on any atom is 0.312 e. The second-order valence-corrected chi connectivity index (χ2v) is 16.1. The smallest absolute Gasteiger partial charge is 0.312 e. The summed E-state index contributed by atoms with van der Waals surface area (Å²) in [5.74, 6) is -6.28. The van der Waals surface area contributed by atoms with Crippen molar-refractivity contribution in [3.05, 3.63) is 88.0 Å². The van der Waals surface area contributed by atoms with Gasteiger partial charge in [-0.1, -0.05) is 45.9 Å². The number of hydrogen-bond donors (Lipinski definition) is 6. The SMILES string of the molecule is CO[C@H]1/C=C/O[C@@]2(C)Oc3c(C)c(O)c4c(c3C2=O)C2=Nc3ccc(OCCN)cc3OC2=C(NC(=O)/C(C)=C\C=C\[C@H](C)[C@H](O)[C@@H](C)[C@@H](O)[C@@H](C)[C@H](OC(C)=O)[C@@H]1C)C4O. The highest BCUT2D eigenvalue weighted by Gasteiger charge is 2.53. The van der Waals surface area contributed by atoms with Gasteiger partial charge in [0.25, 0.3) is 11.7 Å². The van der Waals surface area contributed by atoms with Gasteiger partial charge in [-0.05, 0) is 32.1 Å². The van der Waals surface area contributed by atoms with E-state index in [1.807, 2.05) is 0 Å². The topological polar surface area (TPSA) is 238 Å². The van der Waals surface area contributed by atoms with E-state index in [4.69, 9.17) is 39.1 Å². The molecule has 2 aromatic carbocycles. The van der Waals surface area contributed by atoms with Gasteiger partial charge in [0, 0.05) is 79.5 Å². The van der Waals surface area contributed by atoms with Crippen molar-refractivity contribution in [1.29, 1.82) is 0 Å². The Hall–Kier alpha value is -5.52. The number of carbonyl (C=O) groups is 3. The summed E-state index contributed by atoms with van der Waals surface area (Å²) < 4.78 is 35.9. The van der Waals surface area contributed by atoms with Crippen molar-refractivity contribution in [2.45, 2.75) is 91.7 Å². The summed E-state index contributed by atoms with van der Waals surface area (Å²) >= 11 is 0. The lowest BCUT2D eigenvalue weighted by Gasteiger charge is -2.38. The number of esters is 1. The predicted octanol–water partition coefficient (Wildman–Crippen LogP) is 4.48. The van der Waals surface area contributed by atoms with E-state index < -0.39 is 83.4 Å². The Bertz CT molecular complexity index is 2250. The molecule has 6 rings (SSSR count). The second-order valence-electron chi connectivity index (χ2n) is 16.1. The summed E-state index contributed by atoms with van der Waals surface area (Å²) in [6.45, 7) is 13.2. The summed E-state index contributed by atoms with van der Waals surface area (Å²) in [5, 5.41) is 49.6. The molecule has 3 aliphatic heterocycles. The second kappa shape index (κ2) is 17.8. The highest BCUT2D eigenvalue weighted by Crippen LogP contribution is 2.53. The number of ketones is 1. The highest BCUT2D eigenvalue weighted by molar-refractivity contribution is 6.24. The number of allylic oxidation sites excluding steroid dienone is 3. The molecule has 0 radical (unpaired) electrons. The number of Topliss-reactive ketones (excluding diaryl/α,β-unsaturated/α-hetero) is 1. The van der Waals surface area contributed by atoms with Crippen molar-refractivity contribution in [3.8, 4) is 23.0 Å². The van der Waals surface area contributed by atoms with Crippen LogP contribution in [0.1, 0.15) is 81.6 Å². The van der Waals surface area contributed by atoms with E-state index in [2.05, 4.69) is 5.32 Å². The van der Waals surface area contributed by atoms with Crippen LogP contribution >= 0.6 is 0 Å². The van der Waals surface area contributed by atoms with Gasteiger partial charge in [-0.3, -0.25) is 14.4 Å². The molecule has 1 amide bonds. The number of nitrogens with one attached hydrogen (secondary N) is 1. The van der Waals surface area contributed by atoms with Crippen molar-refractivity contribution in [2.75, 3.05) is 20.3 Å². The summed E-state index contributed by atoms with van der Waals surface area (Å²) in [6.07, 6.45) is 1.93. The van der Waals surface area contributed by atoms with Crippen LogP contribution in [0.3, 0.4) is 0 Å². The number of amides is 1. The first-order valence-electron chi connectivity index (χ1n) is 20.2. The fourth-order valence-electron chi connectivity index (χ4n) is 8.20. The van der Waals surface area contributed by atoms with Gasteiger partial charge in [0.2, 0.25) is 0 Å². The molecule has 5 bridgehead atoms. The quantitative estimate of drug-likeness (QED) is 0.228. The van der Waals surface area contributed by atoms with Gasteiger partial charge in [0.1, 0.15) is 47.5 Å². The van der Waals surface area contributed by atoms with Crippen molar-refractivity contribution in [2.24, 2.45) is 34.4 Å². The van der Waals surface area contributed by atoms with Crippen molar-refractivity contribution < 1.29 is 63.2 Å². The maximum absolute atomic E-state index is 14.7. The number of hydrogen-bond acceptors (Lipinski definition) is 15. The maximum atomic E-state index is 14.7. The van der Waals surface area contributed by atoms with E-state index in [9.17, 15) is 34.8 Å². The number of rotatable bonds is 5. The molecule has 0 saturated carbocycles. The molecule has 7 N–H and O–H groups in total. The molecular weight excluding hydrogens is 791 g/mol. The average molecular weight is 846 g/mol. The molecule has 1 unspecified atom stereocenters.